The van der Waals surface area contributed by atoms with Gasteiger partial charge in [0.15, 0.2) is 15.8 Å². The fraction of sp³-hybridized carbons (Fsp3) is 0.667. The van der Waals surface area contributed by atoms with E-state index in [9.17, 15) is 8.42 Å². The smallest absolute Gasteiger partial charge is 0.191 e. The molecular weight excluding hydrogens is 358 g/mol. The molecule has 1 aromatic carbocycles. The first-order valence-corrected chi connectivity index (χ1v) is 12.2. The van der Waals surface area contributed by atoms with Gasteiger partial charge in [-0.25, -0.2) is 8.42 Å². The Hall–Kier alpha value is -1.56. The minimum Gasteiger partial charge on any atom is -0.356 e. The first-order valence-electron chi connectivity index (χ1n) is 10.4. The first kappa shape index (κ1) is 18.8. The molecule has 1 heterocycles. The van der Waals surface area contributed by atoms with E-state index in [-0.39, 0.29) is 5.92 Å². The van der Waals surface area contributed by atoms with Gasteiger partial charge in [-0.3, -0.25) is 4.99 Å². The van der Waals surface area contributed by atoms with Crippen LogP contribution in [0.2, 0.25) is 0 Å². The summed E-state index contributed by atoms with van der Waals surface area (Å²) in [7, 11) is -2.83. The highest BCUT2D eigenvalue weighted by Crippen LogP contribution is 2.25. The highest BCUT2D eigenvalue weighted by molar-refractivity contribution is 7.91. The number of aliphatic imine (C=N–C) groups is 1. The Balaban J connectivity index is 1.37. The summed E-state index contributed by atoms with van der Waals surface area (Å²) in [5.74, 6) is 2.42. The van der Waals surface area contributed by atoms with Gasteiger partial charge in [0, 0.05) is 19.1 Å². The molecule has 27 heavy (non-hydrogen) atoms. The van der Waals surface area contributed by atoms with Crippen LogP contribution >= 0.6 is 0 Å². The number of guanidine groups is 1. The van der Waals surface area contributed by atoms with Crippen LogP contribution < -0.4 is 10.6 Å². The molecule has 1 saturated heterocycles. The first-order chi connectivity index (χ1) is 13.1. The zero-order valence-electron chi connectivity index (χ0n) is 16.0. The zero-order chi connectivity index (χ0) is 18.7. The van der Waals surface area contributed by atoms with Gasteiger partial charge in [0.25, 0.3) is 0 Å². The van der Waals surface area contributed by atoms with E-state index < -0.39 is 9.84 Å². The number of aryl methyl sites for hydroxylation is 1. The van der Waals surface area contributed by atoms with Crippen LogP contribution in [0.25, 0.3) is 0 Å². The van der Waals surface area contributed by atoms with Crippen molar-refractivity contribution in [2.75, 3.05) is 24.6 Å². The fourth-order valence-electron chi connectivity index (χ4n) is 4.34. The van der Waals surface area contributed by atoms with Gasteiger partial charge in [0.1, 0.15) is 0 Å². The van der Waals surface area contributed by atoms with E-state index in [2.05, 4.69) is 34.9 Å². The third kappa shape index (κ3) is 5.03. The Morgan fingerprint density at radius 2 is 1.89 bits per heavy atom. The van der Waals surface area contributed by atoms with Crippen molar-refractivity contribution in [2.24, 2.45) is 16.8 Å². The molecule has 1 aliphatic heterocycles. The average Bonchev–Trinajstić information content (AvgIpc) is 2.97. The molecule has 2 aliphatic carbocycles. The predicted molar refractivity (Wildman–Crippen MR) is 110 cm³/mol. The van der Waals surface area contributed by atoms with Crippen molar-refractivity contribution in [3.05, 3.63) is 35.4 Å². The Bertz CT molecular complexity index is 786. The molecule has 2 atom stereocenters. The van der Waals surface area contributed by atoms with Crippen molar-refractivity contribution >= 4 is 15.8 Å². The molecule has 2 N–H and O–H groups in total. The van der Waals surface area contributed by atoms with Gasteiger partial charge in [-0.05, 0) is 61.5 Å². The summed E-state index contributed by atoms with van der Waals surface area (Å²) in [6.07, 6.45) is 7.93. The number of nitrogens with zero attached hydrogens (tertiary/aromatic N) is 1. The molecule has 0 aromatic heterocycles. The summed E-state index contributed by atoms with van der Waals surface area (Å²) in [6.45, 7) is 1.57. The van der Waals surface area contributed by atoms with E-state index in [1.54, 1.807) is 0 Å². The standard InChI is InChI=1S/C21H31N3O2S/c25-27(26)11-10-17(15-27)14-23-21(22-13-16-4-3-5-16)24-20-9-8-18-6-1-2-7-19(18)12-20/h1-2,6-7,16-17,20H,3-5,8-15H2,(H2,22,23,24). The Kier molecular flexibility index (Phi) is 5.71. The lowest BCUT2D eigenvalue weighted by Gasteiger charge is -2.30. The highest BCUT2D eigenvalue weighted by atomic mass is 32.2. The summed E-state index contributed by atoms with van der Waals surface area (Å²) >= 11 is 0. The molecule has 0 bridgehead atoms. The molecule has 148 valence electrons. The third-order valence-electron chi connectivity index (χ3n) is 6.30. The Labute approximate surface area is 163 Å². The second kappa shape index (κ2) is 8.21. The van der Waals surface area contributed by atoms with Crippen LogP contribution in [0.15, 0.2) is 29.3 Å². The van der Waals surface area contributed by atoms with Crippen molar-refractivity contribution in [3.63, 3.8) is 0 Å². The summed E-state index contributed by atoms with van der Waals surface area (Å²) < 4.78 is 23.4. The predicted octanol–water partition coefficient (Wildman–Crippen LogP) is 2.31. The summed E-state index contributed by atoms with van der Waals surface area (Å²) in [4.78, 5) is 4.78. The third-order valence-corrected chi connectivity index (χ3v) is 8.14. The molecule has 0 spiro atoms. The SMILES string of the molecule is O=S1(=O)CCC(CN=C(NCC2CCC2)NC2CCc3ccccc3C2)C1. The van der Waals surface area contributed by atoms with Crippen molar-refractivity contribution in [1.82, 2.24) is 10.6 Å². The monoisotopic (exact) mass is 389 g/mol. The fourth-order valence-corrected chi connectivity index (χ4v) is 6.19. The Morgan fingerprint density at radius 3 is 2.59 bits per heavy atom. The van der Waals surface area contributed by atoms with E-state index in [0.717, 1.165) is 44.1 Å². The number of fused-ring (bicyclic) bond motifs is 1. The number of benzene rings is 1. The quantitative estimate of drug-likeness (QED) is 0.599. The van der Waals surface area contributed by atoms with Gasteiger partial charge in [-0.1, -0.05) is 30.7 Å². The number of rotatable bonds is 5. The number of nitrogens with one attached hydrogen (secondary N) is 2. The Morgan fingerprint density at radius 1 is 1.07 bits per heavy atom. The van der Waals surface area contributed by atoms with Gasteiger partial charge in [-0.2, -0.15) is 0 Å². The topological polar surface area (TPSA) is 70.6 Å². The summed E-state index contributed by atoms with van der Waals surface area (Å²) in [5.41, 5.74) is 2.90. The average molecular weight is 390 g/mol. The van der Waals surface area contributed by atoms with Crippen molar-refractivity contribution in [3.8, 4) is 0 Å². The van der Waals surface area contributed by atoms with Gasteiger partial charge in [0.05, 0.1) is 11.5 Å². The minimum absolute atomic E-state index is 0.171. The van der Waals surface area contributed by atoms with Crippen LogP contribution in [0.1, 0.15) is 43.2 Å². The number of sulfone groups is 1. The van der Waals surface area contributed by atoms with Crippen molar-refractivity contribution < 1.29 is 8.42 Å². The lowest BCUT2D eigenvalue weighted by Crippen LogP contribution is -2.47. The van der Waals surface area contributed by atoms with Crippen molar-refractivity contribution in [2.45, 2.75) is 51.0 Å². The van der Waals surface area contributed by atoms with Crippen LogP contribution in [-0.4, -0.2) is 45.0 Å². The number of hydrogen-bond donors (Lipinski definition) is 2. The van der Waals surface area contributed by atoms with E-state index in [1.807, 2.05) is 0 Å². The zero-order valence-corrected chi connectivity index (χ0v) is 16.8. The van der Waals surface area contributed by atoms with E-state index in [1.165, 1.54) is 30.4 Å². The maximum absolute atomic E-state index is 11.7. The van der Waals surface area contributed by atoms with E-state index >= 15 is 0 Å². The molecule has 4 rings (SSSR count). The lowest BCUT2D eigenvalue weighted by molar-refractivity contribution is 0.314. The molecule has 2 fully saturated rings. The van der Waals surface area contributed by atoms with Crippen LogP contribution in [0.3, 0.4) is 0 Å². The number of hydrogen-bond acceptors (Lipinski definition) is 3. The maximum atomic E-state index is 11.7. The van der Waals surface area contributed by atoms with Crippen LogP contribution in [0.4, 0.5) is 0 Å². The maximum Gasteiger partial charge on any atom is 0.191 e. The molecule has 0 amide bonds. The summed E-state index contributed by atoms with van der Waals surface area (Å²) in [5, 5.41) is 7.16. The van der Waals surface area contributed by atoms with Crippen molar-refractivity contribution in [1.29, 1.82) is 0 Å². The molecule has 5 nitrogen and oxygen atoms in total. The van der Waals surface area contributed by atoms with Crippen LogP contribution in [0, 0.1) is 11.8 Å². The molecule has 2 unspecified atom stereocenters. The minimum atomic E-state index is -2.83. The molecule has 0 radical (unpaired) electrons. The molecule has 3 aliphatic rings. The van der Waals surface area contributed by atoms with Gasteiger partial charge < -0.3 is 10.6 Å². The highest BCUT2D eigenvalue weighted by Gasteiger charge is 2.28. The van der Waals surface area contributed by atoms with Gasteiger partial charge in [0.2, 0.25) is 0 Å². The second-order valence-electron chi connectivity index (χ2n) is 8.49. The van der Waals surface area contributed by atoms with E-state index in [4.69, 9.17) is 4.99 Å². The van der Waals surface area contributed by atoms with Crippen LogP contribution in [-0.2, 0) is 22.7 Å². The lowest BCUT2D eigenvalue weighted by atomic mass is 9.85. The molecule has 1 saturated carbocycles. The van der Waals surface area contributed by atoms with E-state index in [0.29, 0.717) is 24.1 Å². The van der Waals surface area contributed by atoms with Gasteiger partial charge in [-0.15, -0.1) is 0 Å². The van der Waals surface area contributed by atoms with Gasteiger partial charge >= 0.3 is 0 Å². The molecular formula is C21H31N3O2S. The summed E-state index contributed by atoms with van der Waals surface area (Å²) in [6, 6.07) is 9.09. The largest absolute Gasteiger partial charge is 0.356 e. The molecule has 6 heteroatoms. The van der Waals surface area contributed by atoms with Crippen LogP contribution in [0.5, 0.6) is 0 Å². The molecule has 1 aromatic rings. The normalized spacial score (nSPS) is 27.6. The second-order valence-corrected chi connectivity index (χ2v) is 10.7.